The molecule has 5 heteroatoms. The Bertz CT molecular complexity index is 639. The van der Waals surface area contributed by atoms with Crippen LogP contribution in [0, 0.1) is 5.92 Å². The molecule has 1 fully saturated rings. The average Bonchev–Trinajstić information content (AvgIpc) is 2.40. The quantitative estimate of drug-likeness (QED) is 0.863. The highest BCUT2D eigenvalue weighted by Crippen LogP contribution is 2.44. The van der Waals surface area contributed by atoms with Crippen LogP contribution < -0.4 is 0 Å². The van der Waals surface area contributed by atoms with Crippen molar-refractivity contribution < 1.29 is 19.4 Å². The first-order valence-corrected chi connectivity index (χ1v) is 8.08. The summed E-state index contributed by atoms with van der Waals surface area (Å²) < 4.78 is 5.54. The number of aromatic hydroxyl groups is 1. The largest absolute Gasteiger partial charge is 0.508 e. The number of nitrogens with zero attached hydrogens (tertiary/aromatic N) is 1. The maximum atomic E-state index is 12.6. The average molecular weight is 317 g/mol. The third kappa shape index (κ3) is 3.19. The Balaban J connectivity index is 1.92. The summed E-state index contributed by atoms with van der Waals surface area (Å²) in [5.74, 6) is 0.613. The van der Waals surface area contributed by atoms with Crippen molar-refractivity contribution in [3.8, 4) is 5.75 Å². The van der Waals surface area contributed by atoms with Crippen molar-refractivity contribution in [2.24, 2.45) is 5.92 Å². The molecule has 23 heavy (non-hydrogen) atoms. The Kier molecular flexibility index (Phi) is 3.82. The first-order valence-electron chi connectivity index (χ1n) is 8.08. The van der Waals surface area contributed by atoms with Crippen molar-refractivity contribution in [2.75, 3.05) is 6.54 Å². The molecule has 1 N–H and O–H groups in total. The maximum Gasteiger partial charge on any atom is 0.410 e. The van der Waals surface area contributed by atoms with Gasteiger partial charge in [0.1, 0.15) is 17.1 Å². The molecule has 1 heterocycles. The Morgan fingerprint density at radius 3 is 2.61 bits per heavy atom. The summed E-state index contributed by atoms with van der Waals surface area (Å²) in [5, 5.41) is 9.69. The van der Waals surface area contributed by atoms with Crippen LogP contribution in [-0.4, -0.2) is 34.0 Å². The number of carbonyl (C=O) groups excluding carboxylic acids is 2. The van der Waals surface area contributed by atoms with E-state index in [1.165, 1.54) is 0 Å². The molecule has 1 aromatic rings. The number of ketones is 1. The standard InChI is InChI=1S/C18H23NO4/c1-18(2,3)23-17(22)19-7-6-11-8-13(20)4-5-15(11)16(19)12-9-14(21)10-12/h4-5,8,12,16,20H,6-7,9-10H2,1-3H3. The number of phenolic OH excluding ortho intramolecular Hbond substituents is 1. The zero-order chi connectivity index (χ0) is 16.8. The zero-order valence-corrected chi connectivity index (χ0v) is 13.8. The predicted molar refractivity (Wildman–Crippen MR) is 85.2 cm³/mol. The van der Waals surface area contributed by atoms with Crippen molar-refractivity contribution in [3.63, 3.8) is 0 Å². The molecule has 1 amide bonds. The molecule has 0 bridgehead atoms. The van der Waals surface area contributed by atoms with E-state index in [1.54, 1.807) is 17.0 Å². The van der Waals surface area contributed by atoms with Gasteiger partial charge in [-0.25, -0.2) is 4.79 Å². The van der Waals surface area contributed by atoms with Crippen LogP contribution in [0.5, 0.6) is 5.75 Å². The molecule has 3 rings (SSSR count). The number of rotatable bonds is 1. The van der Waals surface area contributed by atoms with Gasteiger partial charge < -0.3 is 14.7 Å². The van der Waals surface area contributed by atoms with E-state index in [0.29, 0.717) is 25.8 Å². The smallest absolute Gasteiger partial charge is 0.410 e. The van der Waals surface area contributed by atoms with E-state index in [0.717, 1.165) is 11.1 Å². The van der Waals surface area contributed by atoms with Gasteiger partial charge in [-0.3, -0.25) is 4.79 Å². The zero-order valence-electron chi connectivity index (χ0n) is 13.8. The number of hydrogen-bond acceptors (Lipinski definition) is 4. The highest BCUT2D eigenvalue weighted by Gasteiger charge is 2.43. The minimum Gasteiger partial charge on any atom is -0.508 e. The van der Waals surface area contributed by atoms with Gasteiger partial charge in [0.05, 0.1) is 6.04 Å². The minimum absolute atomic E-state index is 0.138. The molecular weight excluding hydrogens is 294 g/mol. The van der Waals surface area contributed by atoms with E-state index in [9.17, 15) is 14.7 Å². The van der Waals surface area contributed by atoms with Crippen molar-refractivity contribution >= 4 is 11.9 Å². The van der Waals surface area contributed by atoms with E-state index >= 15 is 0 Å². The molecule has 0 saturated heterocycles. The molecule has 5 nitrogen and oxygen atoms in total. The number of carbonyl (C=O) groups is 2. The van der Waals surface area contributed by atoms with Crippen molar-refractivity contribution in [2.45, 2.75) is 51.7 Å². The van der Waals surface area contributed by atoms with Crippen LogP contribution in [0.2, 0.25) is 0 Å². The minimum atomic E-state index is -0.549. The summed E-state index contributed by atoms with van der Waals surface area (Å²) in [5.41, 5.74) is 1.53. The van der Waals surface area contributed by atoms with Gasteiger partial charge in [-0.05, 0) is 56.4 Å². The molecule has 0 aromatic heterocycles. The number of fused-ring (bicyclic) bond motifs is 1. The molecule has 1 saturated carbocycles. The molecule has 1 aliphatic carbocycles. The van der Waals surface area contributed by atoms with Gasteiger partial charge in [0.25, 0.3) is 0 Å². The molecular formula is C18H23NO4. The van der Waals surface area contributed by atoms with Crippen LogP contribution in [0.3, 0.4) is 0 Å². The third-order valence-corrected chi connectivity index (χ3v) is 4.46. The summed E-state index contributed by atoms with van der Waals surface area (Å²) in [7, 11) is 0. The highest BCUT2D eigenvalue weighted by atomic mass is 16.6. The van der Waals surface area contributed by atoms with Crippen molar-refractivity contribution in [1.82, 2.24) is 4.90 Å². The molecule has 1 unspecified atom stereocenters. The second-order valence-corrected chi connectivity index (χ2v) is 7.46. The normalized spacial score (nSPS) is 21.6. The first-order chi connectivity index (χ1) is 10.7. The maximum absolute atomic E-state index is 12.6. The number of phenols is 1. The number of hydrogen-bond donors (Lipinski definition) is 1. The first kappa shape index (κ1) is 15.8. The van der Waals surface area contributed by atoms with E-state index < -0.39 is 5.60 Å². The van der Waals surface area contributed by atoms with Gasteiger partial charge in [0, 0.05) is 19.4 Å². The Morgan fingerprint density at radius 1 is 1.30 bits per heavy atom. The SMILES string of the molecule is CC(C)(C)OC(=O)N1CCc2cc(O)ccc2C1C1CC(=O)C1. The number of ether oxygens (including phenoxy) is 1. The van der Waals surface area contributed by atoms with Crippen LogP contribution in [0.1, 0.15) is 50.8 Å². The topological polar surface area (TPSA) is 66.8 Å². The second kappa shape index (κ2) is 5.55. The van der Waals surface area contributed by atoms with Crippen molar-refractivity contribution in [1.29, 1.82) is 0 Å². The molecule has 124 valence electrons. The van der Waals surface area contributed by atoms with E-state index in [2.05, 4.69) is 0 Å². The molecule has 1 atom stereocenters. The fourth-order valence-electron chi connectivity index (χ4n) is 3.43. The summed E-state index contributed by atoms with van der Waals surface area (Å²) in [4.78, 5) is 25.8. The molecule has 1 aromatic carbocycles. The lowest BCUT2D eigenvalue weighted by atomic mass is 9.73. The van der Waals surface area contributed by atoms with Gasteiger partial charge in [-0.15, -0.1) is 0 Å². The van der Waals surface area contributed by atoms with Crippen LogP contribution in [0.4, 0.5) is 4.79 Å². The van der Waals surface area contributed by atoms with Crippen LogP contribution >= 0.6 is 0 Å². The number of Topliss-reactive ketones (excluding diaryl/α,β-unsaturated/α-hetero) is 1. The van der Waals surface area contributed by atoms with E-state index in [1.807, 2.05) is 26.8 Å². The molecule has 1 aliphatic heterocycles. The Hall–Kier alpha value is -2.04. The molecule has 0 radical (unpaired) electrons. The number of amides is 1. The third-order valence-electron chi connectivity index (χ3n) is 4.46. The van der Waals surface area contributed by atoms with E-state index in [4.69, 9.17) is 4.74 Å². The number of benzene rings is 1. The van der Waals surface area contributed by atoms with Gasteiger partial charge in [-0.2, -0.15) is 0 Å². The van der Waals surface area contributed by atoms with Gasteiger partial charge in [-0.1, -0.05) is 6.07 Å². The van der Waals surface area contributed by atoms with Crippen molar-refractivity contribution in [3.05, 3.63) is 29.3 Å². The predicted octanol–water partition coefficient (Wildman–Crippen LogP) is 3.21. The van der Waals surface area contributed by atoms with Gasteiger partial charge in [0.2, 0.25) is 0 Å². The van der Waals surface area contributed by atoms with Crippen LogP contribution in [-0.2, 0) is 16.0 Å². The molecule has 0 spiro atoms. The monoisotopic (exact) mass is 317 g/mol. The van der Waals surface area contributed by atoms with Crippen LogP contribution in [0.15, 0.2) is 18.2 Å². The van der Waals surface area contributed by atoms with Gasteiger partial charge >= 0.3 is 6.09 Å². The fraction of sp³-hybridized carbons (Fsp3) is 0.556. The fourth-order valence-corrected chi connectivity index (χ4v) is 3.43. The van der Waals surface area contributed by atoms with Gasteiger partial charge in [0.15, 0.2) is 0 Å². The van der Waals surface area contributed by atoms with E-state index in [-0.39, 0.29) is 29.6 Å². The molecule has 2 aliphatic rings. The Labute approximate surface area is 136 Å². The lowest BCUT2D eigenvalue weighted by Crippen LogP contribution is -2.48. The summed E-state index contributed by atoms with van der Waals surface area (Å²) in [6, 6.07) is 5.13. The second-order valence-electron chi connectivity index (χ2n) is 7.46. The summed E-state index contributed by atoms with van der Waals surface area (Å²) >= 11 is 0. The van der Waals surface area contributed by atoms with Crippen LogP contribution in [0.25, 0.3) is 0 Å². The Morgan fingerprint density at radius 2 is 2.00 bits per heavy atom. The summed E-state index contributed by atoms with van der Waals surface area (Å²) in [6.45, 7) is 6.09. The highest BCUT2D eigenvalue weighted by molar-refractivity contribution is 5.85. The lowest BCUT2D eigenvalue weighted by Gasteiger charge is -2.44. The summed E-state index contributed by atoms with van der Waals surface area (Å²) in [6.07, 6.45) is 1.36. The lowest BCUT2D eigenvalue weighted by molar-refractivity contribution is -0.129.